The molecule has 0 unspecified atom stereocenters. The van der Waals surface area contributed by atoms with Gasteiger partial charge in [0.1, 0.15) is 18.1 Å². The molecule has 34 heavy (non-hydrogen) atoms. The van der Waals surface area contributed by atoms with Gasteiger partial charge >= 0.3 is 0 Å². The molecule has 0 aliphatic carbocycles. The summed E-state index contributed by atoms with van der Waals surface area (Å²) in [5, 5.41) is 2.76. The Balaban J connectivity index is 1.93. The summed E-state index contributed by atoms with van der Waals surface area (Å²) >= 11 is 0. The molecule has 3 aromatic rings. The Kier molecular flexibility index (Phi) is 8.50. The largest absolute Gasteiger partial charge is 0.495 e. The average molecular weight is 485 g/mol. The van der Waals surface area contributed by atoms with Crippen molar-refractivity contribution in [2.75, 3.05) is 43.6 Å². The number of carbonyl (C=O) groups excluding carboxylic acids is 1. The van der Waals surface area contributed by atoms with Crippen molar-refractivity contribution in [3.05, 3.63) is 78.4 Å². The number of anilines is 2. The topological polar surface area (TPSA) is 94.2 Å². The quantitative estimate of drug-likeness (QED) is 0.410. The van der Waals surface area contributed by atoms with E-state index in [1.807, 2.05) is 6.07 Å². The predicted octanol–water partition coefficient (Wildman–Crippen LogP) is 4.19. The number of rotatable bonds is 11. The smallest absolute Gasteiger partial charge is 0.264 e. The van der Waals surface area contributed by atoms with Crippen LogP contribution in [0.25, 0.3) is 0 Å². The molecule has 0 aliphatic rings. The van der Waals surface area contributed by atoms with Crippen molar-refractivity contribution >= 4 is 27.3 Å². The highest BCUT2D eigenvalue weighted by atomic mass is 32.2. The first-order valence-electron chi connectivity index (χ1n) is 10.7. The van der Waals surface area contributed by atoms with Crippen molar-refractivity contribution < 1.29 is 27.4 Å². The molecule has 0 saturated heterocycles. The number of hydrogen-bond donors (Lipinski definition) is 1. The second kappa shape index (κ2) is 11.5. The molecule has 9 heteroatoms. The molecule has 0 heterocycles. The van der Waals surface area contributed by atoms with E-state index in [1.54, 1.807) is 62.6 Å². The Morgan fingerprint density at radius 2 is 1.62 bits per heavy atom. The fourth-order valence-corrected chi connectivity index (χ4v) is 4.86. The third kappa shape index (κ3) is 5.67. The van der Waals surface area contributed by atoms with Crippen LogP contribution >= 0.6 is 0 Å². The molecule has 3 aromatic carbocycles. The highest BCUT2D eigenvalue weighted by Gasteiger charge is 2.25. The van der Waals surface area contributed by atoms with Crippen LogP contribution in [0.2, 0.25) is 0 Å². The summed E-state index contributed by atoms with van der Waals surface area (Å²) in [4.78, 5) is 13.1. The van der Waals surface area contributed by atoms with E-state index in [9.17, 15) is 13.2 Å². The fraction of sp³-hybridized carbons (Fsp3) is 0.240. The second-order valence-corrected chi connectivity index (χ2v) is 9.02. The highest BCUT2D eigenvalue weighted by Crippen LogP contribution is 2.31. The van der Waals surface area contributed by atoms with Gasteiger partial charge in [-0.1, -0.05) is 30.3 Å². The molecule has 1 amide bonds. The van der Waals surface area contributed by atoms with Gasteiger partial charge < -0.3 is 19.5 Å². The molecule has 0 bridgehead atoms. The Bertz CT molecular complexity index is 1220. The van der Waals surface area contributed by atoms with Crippen LogP contribution in [0.1, 0.15) is 17.3 Å². The first kappa shape index (κ1) is 25.1. The zero-order valence-corrected chi connectivity index (χ0v) is 20.2. The van der Waals surface area contributed by atoms with Crippen molar-refractivity contribution in [3.8, 4) is 11.5 Å². The number of ether oxygens (including phenoxy) is 3. The summed E-state index contributed by atoms with van der Waals surface area (Å²) in [7, 11) is -0.877. The number of amides is 1. The summed E-state index contributed by atoms with van der Waals surface area (Å²) in [6.07, 6.45) is 0. The van der Waals surface area contributed by atoms with Crippen LogP contribution in [-0.2, 0) is 14.8 Å². The van der Waals surface area contributed by atoms with Gasteiger partial charge in [0.2, 0.25) is 0 Å². The molecule has 0 radical (unpaired) electrons. The number of benzene rings is 3. The molecule has 8 nitrogen and oxygen atoms in total. The lowest BCUT2D eigenvalue weighted by Crippen LogP contribution is -2.30. The second-order valence-electron chi connectivity index (χ2n) is 7.16. The van der Waals surface area contributed by atoms with E-state index < -0.39 is 15.9 Å². The maximum absolute atomic E-state index is 13.4. The highest BCUT2D eigenvalue weighted by molar-refractivity contribution is 7.92. The monoisotopic (exact) mass is 484 g/mol. The van der Waals surface area contributed by atoms with E-state index >= 15 is 0 Å². The summed E-state index contributed by atoms with van der Waals surface area (Å²) in [6, 6.07) is 20.0. The van der Waals surface area contributed by atoms with Gasteiger partial charge in [-0.2, -0.15) is 0 Å². The lowest BCUT2D eigenvalue weighted by atomic mass is 10.1. The van der Waals surface area contributed by atoms with Gasteiger partial charge in [0.15, 0.2) is 0 Å². The van der Waals surface area contributed by atoms with Crippen LogP contribution < -0.4 is 19.1 Å². The molecule has 0 fully saturated rings. The SMILES string of the molecule is CCN(c1ccccc1)S(=O)(=O)c1ccc(OC)c(NC(=O)c2ccccc2OCCOC)c1. The molecule has 0 aliphatic heterocycles. The first-order chi connectivity index (χ1) is 16.4. The zero-order chi connectivity index (χ0) is 24.6. The number of nitrogens with zero attached hydrogens (tertiary/aromatic N) is 1. The van der Waals surface area contributed by atoms with E-state index in [-0.39, 0.29) is 23.7 Å². The van der Waals surface area contributed by atoms with Crippen molar-refractivity contribution in [2.45, 2.75) is 11.8 Å². The summed E-state index contributed by atoms with van der Waals surface area (Å²) in [6.45, 7) is 2.66. The molecule has 1 N–H and O–H groups in total. The molecule has 0 aromatic heterocycles. The van der Waals surface area contributed by atoms with Gasteiger partial charge in [0.25, 0.3) is 15.9 Å². The average Bonchev–Trinajstić information content (AvgIpc) is 2.85. The van der Waals surface area contributed by atoms with Gasteiger partial charge in [-0.05, 0) is 49.4 Å². The van der Waals surface area contributed by atoms with Gasteiger partial charge in [-0.25, -0.2) is 8.42 Å². The Labute approximate surface area is 200 Å². The Hall–Kier alpha value is -3.56. The normalized spacial score (nSPS) is 11.0. The number of para-hydroxylation sites is 2. The molecule has 180 valence electrons. The van der Waals surface area contributed by atoms with Crippen LogP contribution in [0.4, 0.5) is 11.4 Å². The molecule has 0 atom stereocenters. The standard InChI is InChI=1S/C25H28N2O6S/c1-4-27(19-10-6-5-7-11-19)34(29,30)20-14-15-24(32-3)22(18-20)26-25(28)21-12-8-9-13-23(21)33-17-16-31-2/h5-15,18H,4,16-17H2,1-3H3,(H,26,28). The van der Waals surface area contributed by atoms with Crippen LogP contribution in [0.15, 0.2) is 77.7 Å². The lowest BCUT2D eigenvalue weighted by molar-refractivity contribution is 0.101. The number of sulfonamides is 1. The summed E-state index contributed by atoms with van der Waals surface area (Å²) < 4.78 is 44.1. The van der Waals surface area contributed by atoms with Gasteiger partial charge in [-0.15, -0.1) is 0 Å². The number of carbonyl (C=O) groups is 1. The van der Waals surface area contributed by atoms with E-state index in [0.717, 1.165) is 0 Å². The predicted molar refractivity (Wildman–Crippen MR) is 131 cm³/mol. The number of methoxy groups -OCH3 is 2. The zero-order valence-electron chi connectivity index (χ0n) is 19.4. The number of hydrogen-bond acceptors (Lipinski definition) is 6. The maximum atomic E-state index is 13.4. The van der Waals surface area contributed by atoms with E-state index in [1.165, 1.54) is 29.6 Å². The Morgan fingerprint density at radius 3 is 2.29 bits per heavy atom. The lowest BCUT2D eigenvalue weighted by Gasteiger charge is -2.23. The minimum Gasteiger partial charge on any atom is -0.495 e. The van der Waals surface area contributed by atoms with E-state index in [2.05, 4.69) is 5.32 Å². The minimum absolute atomic E-state index is 0.0268. The summed E-state index contributed by atoms with van der Waals surface area (Å²) in [5.41, 5.74) is 1.08. The first-order valence-corrected chi connectivity index (χ1v) is 12.1. The van der Waals surface area contributed by atoms with E-state index in [0.29, 0.717) is 29.4 Å². The molecular weight excluding hydrogens is 456 g/mol. The molecule has 3 rings (SSSR count). The van der Waals surface area contributed by atoms with Crippen LogP contribution in [0.3, 0.4) is 0 Å². The van der Waals surface area contributed by atoms with Gasteiger partial charge in [0, 0.05) is 13.7 Å². The molecular formula is C25H28N2O6S. The fourth-order valence-electron chi connectivity index (χ4n) is 3.36. The van der Waals surface area contributed by atoms with Crippen LogP contribution in [-0.4, -0.2) is 48.3 Å². The van der Waals surface area contributed by atoms with Crippen LogP contribution in [0.5, 0.6) is 11.5 Å². The molecule has 0 spiro atoms. The van der Waals surface area contributed by atoms with E-state index in [4.69, 9.17) is 14.2 Å². The molecule has 0 saturated carbocycles. The van der Waals surface area contributed by atoms with Crippen molar-refractivity contribution in [1.29, 1.82) is 0 Å². The van der Waals surface area contributed by atoms with Gasteiger partial charge in [-0.3, -0.25) is 9.10 Å². The minimum atomic E-state index is -3.89. The Morgan fingerprint density at radius 1 is 0.912 bits per heavy atom. The van der Waals surface area contributed by atoms with Crippen molar-refractivity contribution in [1.82, 2.24) is 0 Å². The van der Waals surface area contributed by atoms with Crippen LogP contribution in [0, 0.1) is 0 Å². The summed E-state index contributed by atoms with van der Waals surface area (Å²) in [5.74, 6) is 0.255. The van der Waals surface area contributed by atoms with Gasteiger partial charge in [0.05, 0.1) is 35.6 Å². The van der Waals surface area contributed by atoms with Crippen molar-refractivity contribution in [2.24, 2.45) is 0 Å². The third-order valence-corrected chi connectivity index (χ3v) is 6.91. The number of nitrogens with one attached hydrogen (secondary N) is 1. The third-order valence-electron chi connectivity index (χ3n) is 5.02. The van der Waals surface area contributed by atoms with Crippen molar-refractivity contribution in [3.63, 3.8) is 0 Å². The maximum Gasteiger partial charge on any atom is 0.264 e.